The van der Waals surface area contributed by atoms with Gasteiger partial charge in [-0.3, -0.25) is 38.6 Å². The molecule has 0 bridgehead atoms. The Hall–Kier alpha value is -4.72. The number of nitrogens with one attached hydrogen (secondary N) is 2. The van der Waals surface area contributed by atoms with Gasteiger partial charge >= 0.3 is 11.9 Å². The van der Waals surface area contributed by atoms with Crippen LogP contribution in [-0.2, 0) is 65.2 Å². The maximum Gasteiger partial charge on any atom is 0.305 e. The average molecular weight is 1160 g/mol. The summed E-state index contributed by atoms with van der Waals surface area (Å²) in [6, 6.07) is 11.1. The first kappa shape index (κ1) is 62.5. The molecule has 6 rings (SSSR count). The fourth-order valence-corrected chi connectivity index (χ4v) is 11.1. The Bertz CT molecular complexity index is 2410. The zero-order chi connectivity index (χ0) is 55.8. The van der Waals surface area contributed by atoms with Gasteiger partial charge in [0.1, 0.15) is 24.9 Å². The number of likely N-dealkylation sites (tertiary alicyclic amines) is 2. The number of aromatic nitrogens is 4. The van der Waals surface area contributed by atoms with Crippen molar-refractivity contribution in [1.29, 1.82) is 0 Å². The fourth-order valence-electron chi connectivity index (χ4n) is 10.3. The van der Waals surface area contributed by atoms with Crippen molar-refractivity contribution in [1.82, 2.24) is 39.5 Å². The first-order valence-corrected chi connectivity index (χ1v) is 30.1. The van der Waals surface area contributed by atoms with E-state index in [4.69, 9.17) is 65.8 Å². The molecule has 2 atom stereocenters. The molecular formula is C56H80Cl4N10O8. The SMILES string of the molecule is Cn1c(CCCC(=O)OCCN2C(=O)CC(NCCCCCCCCCCCCNC3CC(=O)N(CCOC(=O)CCCc4nc5cc(N(CCCl)CCCl)ccc5n4C)C3=O)C2=O)nc2cc(N(CCCl)CCCl)ccc21. The van der Waals surface area contributed by atoms with Gasteiger partial charge in [0.2, 0.25) is 23.6 Å². The topological polar surface area (TPSA) is 194 Å². The number of benzene rings is 2. The van der Waals surface area contributed by atoms with Crippen LogP contribution in [0, 0.1) is 0 Å². The number of aryl methyl sites for hydroxylation is 4. The predicted octanol–water partition coefficient (Wildman–Crippen LogP) is 7.80. The number of anilines is 2. The molecule has 2 aromatic carbocycles. The highest BCUT2D eigenvalue weighted by atomic mass is 35.5. The second kappa shape index (κ2) is 33.1. The van der Waals surface area contributed by atoms with Crippen molar-refractivity contribution >= 4 is 115 Å². The molecule has 2 N–H and O–H groups in total. The van der Waals surface area contributed by atoms with Crippen LogP contribution in [0.15, 0.2) is 36.4 Å². The summed E-state index contributed by atoms with van der Waals surface area (Å²) in [5, 5.41) is 6.51. The van der Waals surface area contributed by atoms with E-state index in [1.807, 2.05) is 59.6 Å². The van der Waals surface area contributed by atoms with E-state index in [0.29, 0.717) is 88.5 Å². The number of hydrogen-bond donors (Lipinski definition) is 2. The van der Waals surface area contributed by atoms with E-state index in [-0.39, 0.29) is 87.6 Å². The van der Waals surface area contributed by atoms with Crippen molar-refractivity contribution in [3.63, 3.8) is 0 Å². The Morgan fingerprint density at radius 2 is 0.910 bits per heavy atom. The van der Waals surface area contributed by atoms with E-state index in [2.05, 4.69) is 20.4 Å². The van der Waals surface area contributed by atoms with Crippen molar-refractivity contribution in [3.05, 3.63) is 48.0 Å². The summed E-state index contributed by atoms with van der Waals surface area (Å²) in [5.74, 6) is 1.91. The van der Waals surface area contributed by atoms with Crippen molar-refractivity contribution < 1.29 is 38.2 Å². The van der Waals surface area contributed by atoms with Crippen LogP contribution in [0.2, 0.25) is 0 Å². The number of hydrogen-bond acceptors (Lipinski definition) is 14. The van der Waals surface area contributed by atoms with Crippen LogP contribution in [0.3, 0.4) is 0 Å². The molecule has 0 radical (unpaired) electrons. The largest absolute Gasteiger partial charge is 0.464 e. The van der Waals surface area contributed by atoms with Crippen LogP contribution in [0.1, 0.15) is 114 Å². The van der Waals surface area contributed by atoms with E-state index in [0.717, 1.165) is 109 Å². The third-order valence-electron chi connectivity index (χ3n) is 14.7. The maximum absolute atomic E-state index is 13.0. The molecular weight excluding hydrogens is 1080 g/mol. The van der Waals surface area contributed by atoms with Crippen LogP contribution in [0.5, 0.6) is 0 Å². The molecule has 0 saturated carbocycles. The molecule has 0 aliphatic carbocycles. The molecule has 2 aliphatic heterocycles. The summed E-state index contributed by atoms with van der Waals surface area (Å²) in [5.41, 5.74) is 5.75. The summed E-state index contributed by atoms with van der Waals surface area (Å²) < 4.78 is 14.9. The summed E-state index contributed by atoms with van der Waals surface area (Å²) in [4.78, 5) is 92.6. The van der Waals surface area contributed by atoms with Gasteiger partial charge in [0, 0.05) is 101 Å². The number of ether oxygens (including phenoxy) is 2. The van der Waals surface area contributed by atoms with Gasteiger partial charge in [-0.1, -0.05) is 51.4 Å². The van der Waals surface area contributed by atoms with Gasteiger partial charge in [-0.05, 0) is 75.2 Å². The predicted molar refractivity (Wildman–Crippen MR) is 309 cm³/mol. The number of unbranched alkanes of at least 4 members (excludes halogenated alkanes) is 9. The van der Waals surface area contributed by atoms with Gasteiger partial charge in [0.15, 0.2) is 0 Å². The van der Waals surface area contributed by atoms with E-state index in [1.54, 1.807) is 0 Å². The van der Waals surface area contributed by atoms with E-state index >= 15 is 0 Å². The molecule has 2 aromatic heterocycles. The average Bonchev–Trinajstić information content (AvgIpc) is 4.10. The summed E-state index contributed by atoms with van der Waals surface area (Å²) in [6.45, 7) is 4.09. The van der Waals surface area contributed by atoms with E-state index in [9.17, 15) is 28.8 Å². The smallest absolute Gasteiger partial charge is 0.305 e. The summed E-state index contributed by atoms with van der Waals surface area (Å²) >= 11 is 24.0. The third-order valence-corrected chi connectivity index (χ3v) is 15.3. The van der Waals surface area contributed by atoms with Crippen molar-refractivity contribution in [2.45, 2.75) is 128 Å². The molecule has 2 saturated heterocycles. The summed E-state index contributed by atoms with van der Waals surface area (Å²) in [7, 11) is 3.92. The van der Waals surface area contributed by atoms with E-state index in [1.165, 1.54) is 9.80 Å². The minimum atomic E-state index is -0.545. The highest BCUT2D eigenvalue weighted by Crippen LogP contribution is 2.26. The number of esters is 2. The third kappa shape index (κ3) is 18.4. The number of halogens is 4. The van der Waals surface area contributed by atoms with Gasteiger partial charge in [-0.25, -0.2) is 9.97 Å². The Morgan fingerprint density at radius 1 is 0.551 bits per heavy atom. The molecule has 0 spiro atoms. The number of alkyl halides is 4. The lowest BCUT2D eigenvalue weighted by atomic mass is 10.1. The minimum absolute atomic E-state index is 0.0324. The molecule has 4 amide bonds. The quantitative estimate of drug-likeness (QED) is 0.0190. The number of amides is 4. The Morgan fingerprint density at radius 3 is 1.27 bits per heavy atom. The van der Waals surface area contributed by atoms with Crippen LogP contribution in [-0.4, -0.2) is 166 Å². The Balaban J connectivity index is 0.723. The monoisotopic (exact) mass is 1160 g/mol. The van der Waals surface area contributed by atoms with Crippen molar-refractivity contribution in [2.75, 3.05) is 98.9 Å². The number of nitrogens with zero attached hydrogens (tertiary/aromatic N) is 8. The van der Waals surface area contributed by atoms with Gasteiger partial charge in [-0.15, -0.1) is 46.4 Å². The number of imidazole rings is 2. The maximum atomic E-state index is 13.0. The normalized spacial score (nSPS) is 15.7. The van der Waals surface area contributed by atoms with Gasteiger partial charge in [0.25, 0.3) is 0 Å². The second-order valence-corrected chi connectivity index (χ2v) is 21.6. The number of rotatable bonds is 39. The molecule has 430 valence electrons. The molecule has 2 unspecified atom stereocenters. The Kier molecular flexibility index (Phi) is 26.5. The Labute approximate surface area is 479 Å². The fraction of sp³-hybridized carbons (Fsp3) is 0.643. The number of carbonyl (C=O) groups is 6. The lowest BCUT2D eigenvalue weighted by molar-refractivity contribution is -0.148. The number of imide groups is 2. The van der Waals surface area contributed by atoms with Crippen molar-refractivity contribution in [3.8, 4) is 0 Å². The zero-order valence-corrected chi connectivity index (χ0v) is 48.6. The zero-order valence-electron chi connectivity index (χ0n) is 45.6. The lowest BCUT2D eigenvalue weighted by Gasteiger charge is -2.22. The minimum Gasteiger partial charge on any atom is -0.464 e. The molecule has 2 aliphatic rings. The first-order valence-electron chi connectivity index (χ1n) is 28.0. The van der Waals surface area contributed by atoms with Crippen LogP contribution >= 0.6 is 46.4 Å². The molecule has 18 nitrogen and oxygen atoms in total. The molecule has 4 heterocycles. The van der Waals surface area contributed by atoms with E-state index < -0.39 is 12.1 Å². The van der Waals surface area contributed by atoms with Gasteiger partial charge in [-0.2, -0.15) is 0 Å². The highest BCUT2D eigenvalue weighted by molar-refractivity contribution is 6.19. The molecule has 78 heavy (non-hydrogen) atoms. The number of carbonyl (C=O) groups excluding carboxylic acids is 6. The lowest BCUT2D eigenvalue weighted by Crippen LogP contribution is -2.40. The highest BCUT2D eigenvalue weighted by Gasteiger charge is 2.39. The van der Waals surface area contributed by atoms with Gasteiger partial charge < -0.3 is 39.0 Å². The van der Waals surface area contributed by atoms with Crippen LogP contribution in [0.25, 0.3) is 22.1 Å². The first-order chi connectivity index (χ1) is 37.9. The van der Waals surface area contributed by atoms with Gasteiger partial charge in [0.05, 0.1) is 60.1 Å². The molecule has 2 fully saturated rings. The van der Waals surface area contributed by atoms with Crippen LogP contribution in [0.4, 0.5) is 11.4 Å². The van der Waals surface area contributed by atoms with Crippen LogP contribution < -0.4 is 20.4 Å². The number of fused-ring (bicyclic) bond motifs is 2. The standard InChI is InChI=1S/C56H80Cl4N10O8/c1-65-47-21-19-41(67(29-23-57)30-24-58)37-43(47)63-49(65)15-13-17-53(73)77-35-33-69-51(71)39-45(55(69)75)61-27-11-9-7-5-3-4-6-8-10-12-28-62-46-40-52(72)70(56(46)76)34-36-78-54(74)18-14-16-50-64-44-38-42(20-22-48(44)66(50)2)68(31-25-59)32-26-60/h19-22,37-38,45-46,61-62H,3-18,23-36,39-40H2,1-2H3. The molecule has 4 aromatic rings. The van der Waals surface area contributed by atoms with Crippen molar-refractivity contribution in [2.24, 2.45) is 14.1 Å². The molecule has 22 heteroatoms. The summed E-state index contributed by atoms with van der Waals surface area (Å²) in [6.07, 6.45) is 13.6. The second-order valence-electron chi connectivity index (χ2n) is 20.1.